The second-order valence-corrected chi connectivity index (χ2v) is 14.5. The van der Waals surface area contributed by atoms with Crippen LogP contribution in [0.3, 0.4) is 0 Å². The number of hydrogen-bond donors (Lipinski definition) is 0. The molecule has 0 atom stereocenters. The van der Waals surface area contributed by atoms with Gasteiger partial charge in [0.1, 0.15) is 33.5 Å². The Balaban J connectivity index is 0.968. The normalized spacial score (nSPS) is 11.9. The minimum Gasteiger partial charge on any atom is -0.456 e. The molecule has 0 aliphatic heterocycles. The van der Waals surface area contributed by atoms with Gasteiger partial charge in [0.15, 0.2) is 0 Å². The number of fused-ring (bicyclic) bond motifs is 10. The summed E-state index contributed by atoms with van der Waals surface area (Å²) < 4.78 is 19.7. The molecule has 4 heteroatoms. The van der Waals surface area contributed by atoms with Crippen LogP contribution in [0.5, 0.6) is 0 Å². The first-order chi connectivity index (χ1) is 27.7. The Morgan fingerprint density at radius 2 is 0.857 bits per heavy atom. The largest absolute Gasteiger partial charge is 0.456 e. The molecule has 0 fully saturated rings. The van der Waals surface area contributed by atoms with Gasteiger partial charge in [-0.3, -0.25) is 0 Å². The number of anilines is 3. The molecule has 3 aromatic heterocycles. The van der Waals surface area contributed by atoms with Crippen molar-refractivity contribution in [3.05, 3.63) is 188 Å². The van der Waals surface area contributed by atoms with Gasteiger partial charge in [0.2, 0.25) is 0 Å². The van der Waals surface area contributed by atoms with E-state index in [2.05, 4.69) is 175 Å². The molecule has 12 rings (SSSR count). The SMILES string of the molecule is c1ccc(N(c2ccc3ccccc3c2)c2ccc3c(c2)oc2c(-c4ccc5oc6c(-c7ccc8c(c7)oc7ccccc78)cccc6c5c4)cccc23)cc1. The van der Waals surface area contributed by atoms with Crippen LogP contribution in [0.2, 0.25) is 0 Å². The van der Waals surface area contributed by atoms with Crippen LogP contribution in [0.4, 0.5) is 17.1 Å². The molecule has 0 saturated carbocycles. The summed E-state index contributed by atoms with van der Waals surface area (Å²) in [7, 11) is 0. The van der Waals surface area contributed by atoms with Crippen LogP contribution >= 0.6 is 0 Å². The summed E-state index contributed by atoms with van der Waals surface area (Å²) in [5.74, 6) is 0. The summed E-state index contributed by atoms with van der Waals surface area (Å²) in [6.07, 6.45) is 0. The number of benzene rings is 9. The summed E-state index contributed by atoms with van der Waals surface area (Å²) in [6.45, 7) is 0. The highest BCUT2D eigenvalue weighted by Crippen LogP contribution is 2.43. The van der Waals surface area contributed by atoms with Gasteiger partial charge in [-0.25, -0.2) is 0 Å². The number of furan rings is 3. The zero-order valence-corrected chi connectivity index (χ0v) is 30.1. The van der Waals surface area contributed by atoms with Gasteiger partial charge < -0.3 is 18.2 Å². The Labute approximate surface area is 321 Å². The van der Waals surface area contributed by atoms with E-state index < -0.39 is 0 Å². The molecule has 0 aliphatic rings. The Hall–Kier alpha value is -7.56. The molecule has 4 nitrogen and oxygen atoms in total. The number of nitrogens with zero attached hydrogens (tertiary/aromatic N) is 1. The maximum Gasteiger partial charge on any atom is 0.143 e. The lowest BCUT2D eigenvalue weighted by atomic mass is 9.98. The second kappa shape index (κ2) is 12.0. The van der Waals surface area contributed by atoms with Gasteiger partial charge in [0.25, 0.3) is 0 Å². The molecule has 0 aliphatic carbocycles. The van der Waals surface area contributed by atoms with Crippen LogP contribution in [0, 0.1) is 0 Å². The van der Waals surface area contributed by atoms with E-state index in [4.69, 9.17) is 13.3 Å². The molecule has 0 radical (unpaired) electrons. The minimum absolute atomic E-state index is 0.840. The monoisotopic (exact) mass is 717 g/mol. The standard InChI is InChI=1S/C52H31NO3/c1-2-12-36(13-3-1)53(37-23-20-32-10-4-5-11-33(32)28-37)38-24-26-43-44-17-8-15-39(51(44)56-50(43)31-38)34-22-27-48-46(29-34)45-18-9-16-40(52(45)55-48)35-21-25-42-41-14-6-7-19-47(41)54-49(42)30-35/h1-31H. The van der Waals surface area contributed by atoms with Gasteiger partial charge in [-0.15, -0.1) is 0 Å². The van der Waals surface area contributed by atoms with E-state index in [9.17, 15) is 0 Å². The van der Waals surface area contributed by atoms with E-state index in [1.54, 1.807) is 0 Å². The molecule has 262 valence electrons. The summed E-state index contributed by atoms with van der Waals surface area (Å²) in [6, 6.07) is 66.0. The molecule has 9 aromatic carbocycles. The van der Waals surface area contributed by atoms with Crippen LogP contribution in [0.15, 0.2) is 201 Å². The second-order valence-electron chi connectivity index (χ2n) is 14.5. The number of rotatable bonds is 5. The van der Waals surface area contributed by atoms with Crippen molar-refractivity contribution in [1.29, 1.82) is 0 Å². The highest BCUT2D eigenvalue weighted by atomic mass is 16.3. The fourth-order valence-corrected chi connectivity index (χ4v) is 8.58. The third kappa shape index (κ3) is 4.73. The Morgan fingerprint density at radius 3 is 1.71 bits per heavy atom. The predicted octanol–water partition coefficient (Wildman–Crippen LogP) is 15.3. The average molecular weight is 718 g/mol. The topological polar surface area (TPSA) is 42.7 Å². The van der Waals surface area contributed by atoms with Gasteiger partial charge in [-0.2, -0.15) is 0 Å². The maximum absolute atomic E-state index is 6.83. The number of para-hydroxylation sites is 4. The third-order valence-corrected chi connectivity index (χ3v) is 11.2. The lowest BCUT2D eigenvalue weighted by molar-refractivity contribution is 0.667. The fraction of sp³-hybridized carbons (Fsp3) is 0. The lowest BCUT2D eigenvalue weighted by Gasteiger charge is -2.25. The molecule has 12 aromatic rings. The summed E-state index contributed by atoms with van der Waals surface area (Å²) in [5.41, 5.74) is 12.6. The van der Waals surface area contributed by atoms with E-state index in [1.165, 1.54) is 10.8 Å². The molecule has 0 N–H and O–H groups in total. The van der Waals surface area contributed by atoms with Crippen molar-refractivity contribution in [3.8, 4) is 22.3 Å². The summed E-state index contributed by atoms with van der Waals surface area (Å²) in [4.78, 5) is 2.29. The first-order valence-corrected chi connectivity index (χ1v) is 18.9. The number of hydrogen-bond acceptors (Lipinski definition) is 4. The first kappa shape index (κ1) is 30.9. The fourth-order valence-electron chi connectivity index (χ4n) is 8.58. The first-order valence-electron chi connectivity index (χ1n) is 18.9. The van der Waals surface area contributed by atoms with E-state index in [0.717, 1.165) is 105 Å². The van der Waals surface area contributed by atoms with Gasteiger partial charge in [-0.1, -0.05) is 115 Å². The van der Waals surface area contributed by atoms with Crippen LogP contribution in [-0.4, -0.2) is 0 Å². The Morgan fingerprint density at radius 1 is 0.286 bits per heavy atom. The van der Waals surface area contributed by atoms with Gasteiger partial charge >= 0.3 is 0 Å². The van der Waals surface area contributed by atoms with E-state index in [0.29, 0.717) is 0 Å². The van der Waals surface area contributed by atoms with Crippen molar-refractivity contribution in [1.82, 2.24) is 0 Å². The maximum atomic E-state index is 6.83. The Kier molecular flexibility index (Phi) is 6.60. The van der Waals surface area contributed by atoms with Crippen LogP contribution in [-0.2, 0) is 0 Å². The minimum atomic E-state index is 0.840. The molecule has 0 bridgehead atoms. The van der Waals surface area contributed by atoms with Crippen LogP contribution < -0.4 is 4.90 Å². The quantitative estimate of drug-likeness (QED) is 0.178. The van der Waals surface area contributed by atoms with E-state index in [1.807, 2.05) is 18.2 Å². The molecule has 0 spiro atoms. The van der Waals surface area contributed by atoms with Crippen molar-refractivity contribution >= 4 is 93.7 Å². The zero-order valence-electron chi connectivity index (χ0n) is 30.1. The highest BCUT2D eigenvalue weighted by molar-refractivity contribution is 6.14. The molecule has 56 heavy (non-hydrogen) atoms. The summed E-state index contributed by atoms with van der Waals surface area (Å²) in [5, 5.41) is 8.95. The van der Waals surface area contributed by atoms with Crippen molar-refractivity contribution in [2.24, 2.45) is 0 Å². The Bertz CT molecular complexity index is 3500. The van der Waals surface area contributed by atoms with Crippen molar-refractivity contribution in [3.63, 3.8) is 0 Å². The van der Waals surface area contributed by atoms with Crippen LogP contribution in [0.25, 0.3) is 98.8 Å². The predicted molar refractivity (Wildman–Crippen MR) is 231 cm³/mol. The van der Waals surface area contributed by atoms with E-state index in [-0.39, 0.29) is 0 Å². The van der Waals surface area contributed by atoms with E-state index >= 15 is 0 Å². The molecular weight excluding hydrogens is 687 g/mol. The van der Waals surface area contributed by atoms with Crippen molar-refractivity contribution < 1.29 is 13.3 Å². The third-order valence-electron chi connectivity index (χ3n) is 11.2. The molecule has 0 unspecified atom stereocenters. The zero-order chi connectivity index (χ0) is 36.7. The van der Waals surface area contributed by atoms with Gasteiger partial charge in [0, 0.05) is 66.6 Å². The van der Waals surface area contributed by atoms with Crippen molar-refractivity contribution in [2.45, 2.75) is 0 Å². The average Bonchev–Trinajstić information content (AvgIpc) is 3.94. The lowest BCUT2D eigenvalue weighted by Crippen LogP contribution is -2.09. The molecular formula is C52H31NO3. The molecule has 3 heterocycles. The highest BCUT2D eigenvalue weighted by Gasteiger charge is 2.19. The smallest absolute Gasteiger partial charge is 0.143 e. The van der Waals surface area contributed by atoms with Gasteiger partial charge in [0.05, 0.1) is 0 Å². The molecule has 0 amide bonds. The van der Waals surface area contributed by atoms with Crippen molar-refractivity contribution in [2.75, 3.05) is 4.90 Å². The summed E-state index contributed by atoms with van der Waals surface area (Å²) >= 11 is 0. The van der Waals surface area contributed by atoms with Crippen LogP contribution in [0.1, 0.15) is 0 Å². The van der Waals surface area contributed by atoms with Gasteiger partial charge in [-0.05, 0) is 88.6 Å². The molecule has 0 saturated heterocycles.